The molecule has 0 aliphatic carbocycles. The molecule has 3 saturated heterocycles. The highest BCUT2D eigenvalue weighted by molar-refractivity contribution is 5.76. The number of amides is 1. The van der Waals surface area contributed by atoms with Crippen LogP contribution in [0.5, 0.6) is 0 Å². The molecule has 0 spiro atoms. The summed E-state index contributed by atoms with van der Waals surface area (Å²) in [4.78, 5) is 13.4. The molecular formula is C75H135NO18. The summed E-state index contributed by atoms with van der Waals surface area (Å²) in [6.45, 7) is 1.72. The van der Waals surface area contributed by atoms with Gasteiger partial charge in [-0.05, 0) is 77.0 Å². The fraction of sp³-hybridized carbons (Fsp3) is 0.853. The Balaban J connectivity index is 1.43. The molecule has 19 heteroatoms. The molecule has 17 atom stereocenters. The molecule has 548 valence electrons. The van der Waals surface area contributed by atoms with E-state index in [0.717, 1.165) is 51.4 Å². The maximum atomic E-state index is 13.4. The first-order chi connectivity index (χ1) is 45.8. The van der Waals surface area contributed by atoms with Crippen LogP contribution in [-0.2, 0) is 33.2 Å². The van der Waals surface area contributed by atoms with Gasteiger partial charge in [-0.25, -0.2) is 0 Å². The second-order valence-electron chi connectivity index (χ2n) is 26.7. The van der Waals surface area contributed by atoms with Gasteiger partial charge in [-0.15, -0.1) is 0 Å². The number of aliphatic hydroxyl groups excluding tert-OH is 11. The predicted molar refractivity (Wildman–Crippen MR) is 369 cm³/mol. The van der Waals surface area contributed by atoms with Crippen LogP contribution in [0, 0.1) is 0 Å². The minimum Gasteiger partial charge on any atom is -0.394 e. The number of aliphatic hydroxyl groups is 11. The van der Waals surface area contributed by atoms with Crippen molar-refractivity contribution in [3.05, 3.63) is 60.8 Å². The second kappa shape index (κ2) is 56.3. The number of carbonyl (C=O) groups is 1. The van der Waals surface area contributed by atoms with Gasteiger partial charge >= 0.3 is 0 Å². The lowest BCUT2D eigenvalue weighted by molar-refractivity contribution is -0.379. The van der Waals surface area contributed by atoms with Crippen LogP contribution in [0.2, 0.25) is 0 Å². The minimum absolute atomic E-state index is 0.230. The lowest BCUT2D eigenvalue weighted by Crippen LogP contribution is -2.66. The summed E-state index contributed by atoms with van der Waals surface area (Å²) < 4.78 is 34.4. The lowest BCUT2D eigenvalue weighted by Gasteiger charge is -2.48. The van der Waals surface area contributed by atoms with E-state index in [2.05, 4.69) is 67.8 Å². The van der Waals surface area contributed by atoms with E-state index in [1.165, 1.54) is 193 Å². The van der Waals surface area contributed by atoms with E-state index in [9.17, 15) is 61.0 Å². The average molecular weight is 1340 g/mol. The van der Waals surface area contributed by atoms with Gasteiger partial charge < -0.3 is 89.9 Å². The molecule has 3 heterocycles. The first-order valence-electron chi connectivity index (χ1n) is 37.5. The van der Waals surface area contributed by atoms with Crippen molar-refractivity contribution < 1.29 is 89.4 Å². The third kappa shape index (κ3) is 37.1. The van der Waals surface area contributed by atoms with Crippen LogP contribution in [0.3, 0.4) is 0 Å². The van der Waals surface area contributed by atoms with Gasteiger partial charge in [0.2, 0.25) is 5.91 Å². The maximum Gasteiger partial charge on any atom is 0.220 e. The molecule has 3 aliphatic rings. The first kappa shape index (κ1) is 85.7. The van der Waals surface area contributed by atoms with Gasteiger partial charge in [-0.1, -0.05) is 254 Å². The highest BCUT2D eigenvalue weighted by Crippen LogP contribution is 2.33. The fourth-order valence-electron chi connectivity index (χ4n) is 12.4. The van der Waals surface area contributed by atoms with Crippen molar-refractivity contribution in [2.24, 2.45) is 0 Å². The summed E-state index contributed by atoms with van der Waals surface area (Å²) in [6, 6.07) is -1.000. The number of rotatable bonds is 58. The Kier molecular flexibility index (Phi) is 51.3. The zero-order valence-electron chi connectivity index (χ0n) is 58.2. The standard InChI is InChI=1S/C75H135NO18/c1-3-5-7-9-11-13-15-17-19-21-23-25-27-29-31-33-35-37-39-41-43-45-47-49-51-53-63(81)76-58(59(80)52-50-48-46-44-42-40-38-36-34-32-30-28-26-24-22-20-18-16-14-12-10-8-6-4-2)57-89-73-69(87)66(84)71(61(55-78)91-73)94-75-70(88)67(85)72(62(56-79)92-75)93-74-68(86)65(83)64(82)60(54-77)90-74/h15,17,21,23,34,36,42,44,50,52,58-62,64-75,77-80,82-88H,3-14,16,18-20,22,24-33,35,37-41,43,45-49,51,53-57H2,1-2H3,(H,76,81)/b17-15-,23-21-,36-34+,44-42+,52-50+. The third-order valence-corrected chi connectivity index (χ3v) is 18.5. The number of nitrogens with one attached hydrogen (secondary N) is 1. The van der Waals surface area contributed by atoms with Crippen molar-refractivity contribution >= 4 is 5.91 Å². The molecule has 0 saturated carbocycles. The van der Waals surface area contributed by atoms with Gasteiger partial charge in [0.05, 0.1) is 38.6 Å². The van der Waals surface area contributed by atoms with E-state index in [0.29, 0.717) is 12.8 Å². The zero-order chi connectivity index (χ0) is 68.2. The number of carbonyl (C=O) groups excluding carboxylic acids is 1. The summed E-state index contributed by atoms with van der Waals surface area (Å²) in [7, 11) is 0. The quantitative estimate of drug-likeness (QED) is 0.0199. The monoisotopic (exact) mass is 1340 g/mol. The molecule has 0 aromatic rings. The SMILES string of the molecule is CCCCCCC/C=C\C/C=C\CCCCCCCCCCCCCCCC(=O)NC(COC1OC(CO)C(OC2OC(CO)C(OC3OC(CO)C(O)C(O)C3O)C(O)C2O)C(O)C1O)C(O)/C=C/CC/C=C/CC/C=C/CCCCCCCCCCCCCCCC. The molecule has 1 amide bonds. The molecule has 0 aromatic carbocycles. The molecule has 3 aliphatic heterocycles. The number of hydrogen-bond acceptors (Lipinski definition) is 18. The van der Waals surface area contributed by atoms with E-state index in [1.807, 2.05) is 6.08 Å². The molecule has 3 rings (SSSR count). The maximum absolute atomic E-state index is 13.4. The number of allylic oxidation sites excluding steroid dienone is 9. The summed E-state index contributed by atoms with van der Waals surface area (Å²) in [5.41, 5.74) is 0. The van der Waals surface area contributed by atoms with E-state index < -0.39 is 124 Å². The topological polar surface area (TPSA) is 307 Å². The van der Waals surface area contributed by atoms with Gasteiger partial charge in [0, 0.05) is 6.42 Å². The molecule has 0 aromatic heterocycles. The molecule has 94 heavy (non-hydrogen) atoms. The second-order valence-corrected chi connectivity index (χ2v) is 26.7. The van der Waals surface area contributed by atoms with E-state index >= 15 is 0 Å². The average Bonchev–Trinajstić information content (AvgIpc) is 0.788. The fourth-order valence-corrected chi connectivity index (χ4v) is 12.4. The van der Waals surface area contributed by atoms with Crippen LogP contribution in [0.1, 0.15) is 277 Å². The van der Waals surface area contributed by atoms with Gasteiger partial charge in [-0.3, -0.25) is 4.79 Å². The third-order valence-electron chi connectivity index (χ3n) is 18.5. The Morgan fingerprint density at radius 3 is 1.13 bits per heavy atom. The first-order valence-corrected chi connectivity index (χ1v) is 37.5. The highest BCUT2D eigenvalue weighted by atomic mass is 16.8. The van der Waals surface area contributed by atoms with Gasteiger partial charge in [0.25, 0.3) is 0 Å². The summed E-state index contributed by atoms with van der Waals surface area (Å²) in [6.07, 6.45) is 43.4. The van der Waals surface area contributed by atoms with Crippen molar-refractivity contribution in [2.45, 2.75) is 381 Å². The Bertz CT molecular complexity index is 1940. The Morgan fingerprint density at radius 2 is 0.713 bits per heavy atom. The van der Waals surface area contributed by atoms with Crippen LogP contribution >= 0.6 is 0 Å². The Labute approximate surface area is 566 Å². The molecule has 19 nitrogen and oxygen atoms in total. The van der Waals surface area contributed by atoms with Crippen molar-refractivity contribution in [2.75, 3.05) is 26.4 Å². The van der Waals surface area contributed by atoms with Crippen molar-refractivity contribution in [1.82, 2.24) is 5.32 Å². The molecule has 17 unspecified atom stereocenters. The van der Waals surface area contributed by atoms with Crippen molar-refractivity contribution in [3.8, 4) is 0 Å². The number of hydrogen-bond donors (Lipinski definition) is 12. The van der Waals surface area contributed by atoms with Crippen LogP contribution < -0.4 is 5.32 Å². The van der Waals surface area contributed by atoms with Crippen LogP contribution in [0.25, 0.3) is 0 Å². The van der Waals surface area contributed by atoms with Crippen LogP contribution in [0.4, 0.5) is 0 Å². The van der Waals surface area contributed by atoms with Gasteiger partial charge in [-0.2, -0.15) is 0 Å². The molecular weight excluding hydrogens is 1200 g/mol. The van der Waals surface area contributed by atoms with Crippen molar-refractivity contribution in [1.29, 1.82) is 0 Å². The summed E-state index contributed by atoms with van der Waals surface area (Å²) >= 11 is 0. The van der Waals surface area contributed by atoms with Crippen LogP contribution in [0.15, 0.2) is 60.8 Å². The van der Waals surface area contributed by atoms with E-state index in [4.69, 9.17) is 28.4 Å². The summed E-state index contributed by atoms with van der Waals surface area (Å²) in [5, 5.41) is 121. The Hall–Kier alpha value is -2.51. The lowest BCUT2D eigenvalue weighted by atomic mass is 9.96. The molecule has 12 N–H and O–H groups in total. The van der Waals surface area contributed by atoms with Gasteiger partial charge in [0.1, 0.15) is 73.2 Å². The van der Waals surface area contributed by atoms with E-state index in [-0.39, 0.29) is 18.9 Å². The minimum atomic E-state index is -1.98. The summed E-state index contributed by atoms with van der Waals surface area (Å²) in [5.74, 6) is -0.289. The highest BCUT2D eigenvalue weighted by Gasteiger charge is 2.53. The Morgan fingerprint density at radius 1 is 0.383 bits per heavy atom. The zero-order valence-corrected chi connectivity index (χ0v) is 58.2. The number of ether oxygens (including phenoxy) is 6. The number of unbranched alkanes of at least 4 members (excludes halogenated alkanes) is 34. The smallest absolute Gasteiger partial charge is 0.220 e. The van der Waals surface area contributed by atoms with Gasteiger partial charge in [0.15, 0.2) is 18.9 Å². The molecule has 0 radical (unpaired) electrons. The molecule has 0 bridgehead atoms. The largest absolute Gasteiger partial charge is 0.394 e. The predicted octanol–water partition coefficient (Wildman–Crippen LogP) is 11.1. The molecule has 3 fully saturated rings. The van der Waals surface area contributed by atoms with Crippen molar-refractivity contribution in [3.63, 3.8) is 0 Å². The normalized spacial score (nSPS) is 27.7. The van der Waals surface area contributed by atoms with Crippen LogP contribution in [-0.4, -0.2) is 193 Å². The van der Waals surface area contributed by atoms with E-state index in [1.54, 1.807) is 6.08 Å².